The summed E-state index contributed by atoms with van der Waals surface area (Å²) in [6, 6.07) is 65.2. The van der Waals surface area contributed by atoms with Crippen molar-refractivity contribution in [2.45, 2.75) is 19.3 Å². The van der Waals surface area contributed by atoms with Crippen molar-refractivity contribution in [3.8, 4) is 28.3 Å². The third-order valence-electron chi connectivity index (χ3n) is 11.6. The Bertz CT molecular complexity index is 3070. The molecule has 2 aromatic heterocycles. The lowest BCUT2D eigenvalue weighted by Crippen LogP contribution is -2.24. The monoisotopic (exact) mass is 704 g/mol. The predicted octanol–water partition coefficient (Wildman–Crippen LogP) is 13.3. The smallest absolute Gasteiger partial charge is 0.235 e. The average molecular weight is 705 g/mol. The van der Waals surface area contributed by atoms with Crippen molar-refractivity contribution in [3.63, 3.8) is 0 Å². The molecule has 1 aliphatic carbocycles. The molecule has 2 heterocycles. The van der Waals surface area contributed by atoms with Gasteiger partial charge in [0.1, 0.15) is 0 Å². The van der Waals surface area contributed by atoms with Gasteiger partial charge in [0.15, 0.2) is 0 Å². The fourth-order valence-corrected chi connectivity index (χ4v) is 8.96. The predicted molar refractivity (Wildman–Crippen MR) is 229 cm³/mol. The lowest BCUT2D eigenvalue weighted by Gasteiger charge is -2.34. The zero-order chi connectivity index (χ0) is 36.7. The highest BCUT2D eigenvalue weighted by Gasteiger charge is 2.35. The van der Waals surface area contributed by atoms with Gasteiger partial charge in [-0.05, 0) is 93.7 Å². The van der Waals surface area contributed by atoms with E-state index in [0.29, 0.717) is 5.95 Å². The highest BCUT2D eigenvalue weighted by molar-refractivity contribution is 6.22. The molecular formula is C51H36N4. The van der Waals surface area contributed by atoms with E-state index in [4.69, 9.17) is 9.97 Å². The number of anilines is 3. The lowest BCUT2D eigenvalue weighted by molar-refractivity contribution is 0.643. The zero-order valence-electron chi connectivity index (χ0n) is 30.6. The van der Waals surface area contributed by atoms with E-state index in [0.717, 1.165) is 55.8 Å². The van der Waals surface area contributed by atoms with Crippen molar-refractivity contribution >= 4 is 60.5 Å². The number of fused-ring (bicyclic) bond motifs is 7. The summed E-state index contributed by atoms with van der Waals surface area (Å²) in [6.07, 6.45) is 0. The van der Waals surface area contributed by atoms with Gasteiger partial charge in [0.05, 0.1) is 22.2 Å². The molecule has 0 radical (unpaired) electrons. The van der Waals surface area contributed by atoms with E-state index in [2.05, 4.69) is 205 Å². The first-order valence-electron chi connectivity index (χ1n) is 18.9. The summed E-state index contributed by atoms with van der Waals surface area (Å²) in [4.78, 5) is 13.1. The van der Waals surface area contributed by atoms with Crippen LogP contribution in [0.4, 0.5) is 17.1 Å². The van der Waals surface area contributed by atoms with Crippen LogP contribution in [-0.4, -0.2) is 14.5 Å². The normalized spacial score (nSPS) is 13.1. The SMILES string of the molecule is CC1(C)c2ccccc2-c2nc(-n3c4ccc(-c5ccc(N(c6ccccc6)c6ccccc6)cc5)cc4c4c5ccccc5ccc43)nc3cccc1c23. The maximum atomic E-state index is 5.47. The Morgan fingerprint density at radius 2 is 1.11 bits per heavy atom. The van der Waals surface area contributed by atoms with Crippen LogP contribution in [0, 0.1) is 0 Å². The van der Waals surface area contributed by atoms with Crippen LogP contribution in [0.2, 0.25) is 0 Å². The molecule has 4 heteroatoms. The van der Waals surface area contributed by atoms with Crippen LogP contribution in [0.5, 0.6) is 0 Å². The molecule has 0 saturated carbocycles. The molecule has 10 aromatic rings. The van der Waals surface area contributed by atoms with Crippen molar-refractivity contribution < 1.29 is 0 Å². The Hall–Kier alpha value is -7.04. The highest BCUT2D eigenvalue weighted by atomic mass is 15.2. The van der Waals surface area contributed by atoms with Gasteiger partial charge < -0.3 is 4.90 Å². The third kappa shape index (κ3) is 4.78. The second-order valence-electron chi connectivity index (χ2n) is 15.0. The van der Waals surface area contributed by atoms with Crippen molar-refractivity contribution in [1.82, 2.24) is 14.5 Å². The number of rotatable bonds is 5. The first kappa shape index (κ1) is 31.5. The summed E-state index contributed by atoms with van der Waals surface area (Å²) in [7, 11) is 0. The van der Waals surface area contributed by atoms with Gasteiger partial charge in [-0.2, -0.15) is 0 Å². The zero-order valence-corrected chi connectivity index (χ0v) is 30.6. The molecule has 0 atom stereocenters. The Balaban J connectivity index is 1.11. The van der Waals surface area contributed by atoms with Crippen LogP contribution >= 0.6 is 0 Å². The summed E-state index contributed by atoms with van der Waals surface area (Å²) in [5.74, 6) is 0.684. The maximum Gasteiger partial charge on any atom is 0.235 e. The standard InChI is InChI=1S/C51H36N4/c1-51(2)42-21-12-11-20-40(42)49-48-43(51)22-13-23-44(48)52-50(53-49)55-45-30-27-35(32-41(45)47-39-19-10-9-14-34(39)26-31-46(47)55)33-24-28-38(29-25-33)54(36-15-5-3-6-16-36)37-17-7-4-8-18-37/h3-32H,1-2H3. The molecule has 260 valence electrons. The minimum Gasteiger partial charge on any atom is -0.311 e. The molecule has 0 aliphatic heterocycles. The van der Waals surface area contributed by atoms with Gasteiger partial charge in [0.2, 0.25) is 5.95 Å². The van der Waals surface area contributed by atoms with Gasteiger partial charge in [0, 0.05) is 44.2 Å². The second-order valence-corrected chi connectivity index (χ2v) is 15.0. The largest absolute Gasteiger partial charge is 0.311 e. The van der Waals surface area contributed by atoms with Gasteiger partial charge in [-0.25, -0.2) is 9.97 Å². The van der Waals surface area contributed by atoms with E-state index in [1.165, 1.54) is 38.2 Å². The Labute approximate surface area is 319 Å². The van der Waals surface area contributed by atoms with Crippen LogP contribution in [0.1, 0.15) is 25.0 Å². The molecule has 8 aromatic carbocycles. The van der Waals surface area contributed by atoms with Gasteiger partial charge in [-0.3, -0.25) is 4.57 Å². The van der Waals surface area contributed by atoms with Crippen molar-refractivity contribution in [2.24, 2.45) is 0 Å². The molecule has 0 bridgehead atoms. The fourth-order valence-electron chi connectivity index (χ4n) is 8.96. The number of benzene rings is 8. The van der Waals surface area contributed by atoms with E-state index >= 15 is 0 Å². The van der Waals surface area contributed by atoms with Crippen LogP contribution in [-0.2, 0) is 5.41 Å². The van der Waals surface area contributed by atoms with Crippen LogP contribution < -0.4 is 4.90 Å². The lowest BCUT2D eigenvalue weighted by atomic mass is 9.70. The van der Waals surface area contributed by atoms with Crippen molar-refractivity contribution in [2.75, 3.05) is 4.90 Å². The van der Waals surface area contributed by atoms with Gasteiger partial charge in [-0.15, -0.1) is 0 Å². The molecule has 1 aliphatic rings. The summed E-state index contributed by atoms with van der Waals surface area (Å²) in [5.41, 5.74) is 13.4. The molecule has 0 amide bonds. The second kappa shape index (κ2) is 12.0. The van der Waals surface area contributed by atoms with E-state index in [-0.39, 0.29) is 5.41 Å². The van der Waals surface area contributed by atoms with Crippen LogP contribution in [0.15, 0.2) is 182 Å². The minimum absolute atomic E-state index is 0.157. The molecule has 11 rings (SSSR count). The summed E-state index contributed by atoms with van der Waals surface area (Å²) >= 11 is 0. The van der Waals surface area contributed by atoms with Crippen LogP contribution in [0.3, 0.4) is 0 Å². The summed E-state index contributed by atoms with van der Waals surface area (Å²) in [5, 5.41) is 5.95. The number of nitrogens with zero attached hydrogens (tertiary/aromatic N) is 4. The topological polar surface area (TPSA) is 34.0 Å². The number of hydrogen-bond donors (Lipinski definition) is 0. The third-order valence-corrected chi connectivity index (χ3v) is 11.6. The average Bonchev–Trinajstić information content (AvgIpc) is 3.58. The molecule has 55 heavy (non-hydrogen) atoms. The molecular weight excluding hydrogens is 669 g/mol. The molecule has 4 nitrogen and oxygen atoms in total. The number of aromatic nitrogens is 3. The minimum atomic E-state index is -0.157. The van der Waals surface area contributed by atoms with E-state index < -0.39 is 0 Å². The summed E-state index contributed by atoms with van der Waals surface area (Å²) < 4.78 is 2.27. The Kier molecular flexibility index (Phi) is 6.86. The van der Waals surface area contributed by atoms with Crippen molar-refractivity contribution in [1.29, 1.82) is 0 Å². The molecule has 0 fully saturated rings. The van der Waals surface area contributed by atoms with E-state index in [9.17, 15) is 0 Å². The maximum absolute atomic E-state index is 5.47. The van der Waals surface area contributed by atoms with E-state index in [1.807, 2.05) is 0 Å². The van der Waals surface area contributed by atoms with E-state index in [1.54, 1.807) is 0 Å². The highest BCUT2D eigenvalue weighted by Crippen LogP contribution is 2.48. The quantitative estimate of drug-likeness (QED) is 0.179. The Morgan fingerprint density at radius 1 is 0.473 bits per heavy atom. The first-order chi connectivity index (χ1) is 27.0. The van der Waals surface area contributed by atoms with Gasteiger partial charge in [-0.1, -0.05) is 135 Å². The number of hydrogen-bond acceptors (Lipinski definition) is 3. The summed E-state index contributed by atoms with van der Waals surface area (Å²) in [6.45, 7) is 4.62. The molecule has 0 spiro atoms. The Morgan fingerprint density at radius 3 is 1.89 bits per heavy atom. The molecule has 0 saturated heterocycles. The van der Waals surface area contributed by atoms with Gasteiger partial charge >= 0.3 is 0 Å². The van der Waals surface area contributed by atoms with Crippen LogP contribution in [0.25, 0.3) is 71.8 Å². The first-order valence-corrected chi connectivity index (χ1v) is 18.9. The molecule has 0 N–H and O–H groups in total. The molecule has 0 unspecified atom stereocenters. The number of para-hydroxylation sites is 2. The van der Waals surface area contributed by atoms with Crippen molar-refractivity contribution in [3.05, 3.63) is 193 Å². The fraction of sp³-hybridized carbons (Fsp3) is 0.0588. The van der Waals surface area contributed by atoms with Gasteiger partial charge in [0.25, 0.3) is 0 Å².